The molecular formula is C42H37NO12. The van der Waals surface area contributed by atoms with Crippen molar-refractivity contribution < 1.29 is 57.4 Å². The van der Waals surface area contributed by atoms with Gasteiger partial charge in [0.15, 0.2) is 23.0 Å². The van der Waals surface area contributed by atoms with E-state index in [0.29, 0.717) is 39.6 Å². The lowest BCUT2D eigenvalue weighted by Crippen LogP contribution is -2.14. The zero-order valence-corrected chi connectivity index (χ0v) is 30.8. The van der Waals surface area contributed by atoms with Crippen LogP contribution in [0.25, 0.3) is 0 Å². The summed E-state index contributed by atoms with van der Waals surface area (Å²) in [6, 6.07) is 24.0. The zero-order valence-electron chi connectivity index (χ0n) is 30.8. The van der Waals surface area contributed by atoms with Crippen LogP contribution < -0.4 is 43.2 Å². The average Bonchev–Trinajstić information content (AvgIpc) is 3.22. The summed E-state index contributed by atoms with van der Waals surface area (Å²) in [5.74, 6) is 6.37. The number of ether oxygens (including phenoxy) is 8. The second-order valence-corrected chi connectivity index (χ2v) is 11.4. The highest BCUT2D eigenvalue weighted by Crippen LogP contribution is 2.36. The maximum absolute atomic E-state index is 13.1. The highest BCUT2D eigenvalue weighted by molar-refractivity contribution is 6.05. The summed E-state index contributed by atoms with van der Waals surface area (Å²) in [4.78, 5) is 39.1. The lowest BCUT2D eigenvalue weighted by molar-refractivity contribution is 0.0718. The van der Waals surface area contributed by atoms with Gasteiger partial charge in [0.05, 0.1) is 49.3 Å². The predicted octanol–water partition coefficient (Wildman–Crippen LogP) is 6.32. The van der Waals surface area contributed by atoms with Gasteiger partial charge in [-0.15, -0.1) is 0 Å². The van der Waals surface area contributed by atoms with Gasteiger partial charge in [-0.1, -0.05) is 11.8 Å². The summed E-state index contributed by atoms with van der Waals surface area (Å²) in [7, 11) is 8.58. The van der Waals surface area contributed by atoms with E-state index in [9.17, 15) is 19.5 Å². The summed E-state index contributed by atoms with van der Waals surface area (Å²) in [6.07, 6.45) is 0. The first-order valence-electron chi connectivity index (χ1n) is 16.5. The maximum Gasteiger partial charge on any atom is 0.347 e. The molecule has 0 saturated heterocycles. The Kier molecular flexibility index (Phi) is 12.8. The number of carbonyl (C=O) groups excluding carboxylic acids is 3. The molecule has 0 saturated carbocycles. The van der Waals surface area contributed by atoms with E-state index in [1.54, 1.807) is 54.6 Å². The number of nitrogens with one attached hydrogen (secondary N) is 1. The van der Waals surface area contributed by atoms with Crippen molar-refractivity contribution in [3.63, 3.8) is 0 Å². The van der Waals surface area contributed by atoms with Crippen molar-refractivity contribution in [1.82, 2.24) is 0 Å². The Labute approximate surface area is 317 Å². The van der Waals surface area contributed by atoms with Gasteiger partial charge < -0.3 is 48.3 Å². The molecule has 0 aromatic heterocycles. The molecule has 5 rings (SSSR count). The molecule has 282 valence electrons. The number of esters is 2. The van der Waals surface area contributed by atoms with E-state index in [1.165, 1.54) is 79.1 Å². The number of carbonyl (C=O) groups is 3. The van der Waals surface area contributed by atoms with E-state index >= 15 is 0 Å². The molecule has 0 heterocycles. The van der Waals surface area contributed by atoms with Crippen LogP contribution in [-0.2, 0) is 6.61 Å². The average molecular weight is 748 g/mol. The number of hydrogen-bond acceptors (Lipinski definition) is 12. The third-order valence-electron chi connectivity index (χ3n) is 8.11. The molecule has 5 aromatic carbocycles. The number of aliphatic hydroxyl groups is 1. The minimum Gasteiger partial charge on any atom is -0.496 e. The highest BCUT2D eigenvalue weighted by atomic mass is 16.6. The summed E-state index contributed by atoms with van der Waals surface area (Å²) in [5, 5.41) is 12.4. The Morgan fingerprint density at radius 2 is 1.02 bits per heavy atom. The highest BCUT2D eigenvalue weighted by Gasteiger charge is 2.22. The first-order valence-corrected chi connectivity index (χ1v) is 16.5. The number of benzene rings is 5. The van der Waals surface area contributed by atoms with Crippen molar-refractivity contribution in [2.45, 2.75) is 6.61 Å². The molecule has 0 bridgehead atoms. The number of aliphatic hydroxyl groups excluding tert-OH is 1. The summed E-state index contributed by atoms with van der Waals surface area (Å²) in [6.45, 7) is -0.315. The number of hydrogen-bond donors (Lipinski definition) is 2. The van der Waals surface area contributed by atoms with Crippen molar-refractivity contribution in [1.29, 1.82) is 0 Å². The second-order valence-electron chi connectivity index (χ2n) is 11.4. The van der Waals surface area contributed by atoms with Crippen molar-refractivity contribution in [3.8, 4) is 57.8 Å². The van der Waals surface area contributed by atoms with Gasteiger partial charge in [-0.2, -0.15) is 0 Å². The van der Waals surface area contributed by atoms with Gasteiger partial charge in [0.25, 0.3) is 5.91 Å². The van der Waals surface area contributed by atoms with Gasteiger partial charge in [0.2, 0.25) is 0 Å². The van der Waals surface area contributed by atoms with Gasteiger partial charge in [-0.25, -0.2) is 9.59 Å². The van der Waals surface area contributed by atoms with Gasteiger partial charge in [0.1, 0.15) is 34.1 Å². The third-order valence-corrected chi connectivity index (χ3v) is 8.11. The van der Waals surface area contributed by atoms with Crippen LogP contribution in [0.2, 0.25) is 0 Å². The van der Waals surface area contributed by atoms with Crippen molar-refractivity contribution in [3.05, 3.63) is 124 Å². The third kappa shape index (κ3) is 9.26. The van der Waals surface area contributed by atoms with Crippen molar-refractivity contribution in [2.24, 2.45) is 0 Å². The van der Waals surface area contributed by atoms with Gasteiger partial charge in [-0.05, 0) is 78.9 Å². The maximum atomic E-state index is 13.1. The van der Waals surface area contributed by atoms with Crippen molar-refractivity contribution >= 4 is 23.5 Å². The standard InChI is InChI=1S/C42H37NO12/c1-48-34-21-31(35(49-2)20-28(34)24-44)42(47)55-33-18-13-27(19-37(33)51-4)40(45)43-29-14-9-25(10-15-29)7-8-26-11-16-30(17-12-26)54-41(46)32-22-38(52-5)39(53-6)23-36(32)50-3/h9-23,44H,24H2,1-6H3,(H,43,45). The Bertz CT molecular complexity index is 2250. The Hall–Kier alpha value is -7.17. The molecule has 2 N–H and O–H groups in total. The van der Waals surface area contributed by atoms with Gasteiger partial charge in [0, 0.05) is 40.1 Å². The zero-order chi connectivity index (χ0) is 39.5. The molecule has 0 unspecified atom stereocenters. The molecule has 1 amide bonds. The van der Waals surface area contributed by atoms with Crippen LogP contribution in [0.15, 0.2) is 91.0 Å². The lowest BCUT2D eigenvalue weighted by Gasteiger charge is -2.15. The van der Waals surface area contributed by atoms with E-state index in [2.05, 4.69) is 17.2 Å². The fourth-order valence-electron chi connectivity index (χ4n) is 5.23. The second kappa shape index (κ2) is 18.0. The summed E-state index contributed by atoms with van der Waals surface area (Å²) in [5.41, 5.74) is 2.83. The Balaban J connectivity index is 1.20. The van der Waals surface area contributed by atoms with Crippen LogP contribution in [0, 0.1) is 11.8 Å². The Morgan fingerprint density at radius 1 is 0.527 bits per heavy atom. The van der Waals surface area contributed by atoms with E-state index in [-0.39, 0.29) is 52.0 Å². The quantitative estimate of drug-likeness (QED) is 0.0786. The first-order chi connectivity index (χ1) is 26.6. The molecule has 0 aliphatic heterocycles. The van der Waals surface area contributed by atoms with Gasteiger partial charge in [-0.3, -0.25) is 4.79 Å². The molecule has 55 heavy (non-hydrogen) atoms. The first kappa shape index (κ1) is 39.0. The van der Waals surface area contributed by atoms with Crippen LogP contribution >= 0.6 is 0 Å². The molecule has 13 heteroatoms. The van der Waals surface area contributed by atoms with Crippen LogP contribution in [0.1, 0.15) is 47.8 Å². The molecule has 0 atom stereocenters. The van der Waals surface area contributed by atoms with Crippen molar-refractivity contribution in [2.75, 3.05) is 48.0 Å². The van der Waals surface area contributed by atoms with Crippen LogP contribution in [0.4, 0.5) is 5.69 Å². The number of amides is 1. The fourth-order valence-corrected chi connectivity index (χ4v) is 5.23. The minimum atomic E-state index is -0.760. The van der Waals surface area contributed by atoms with E-state index in [0.717, 1.165) is 0 Å². The number of rotatable bonds is 13. The molecule has 13 nitrogen and oxygen atoms in total. The Morgan fingerprint density at radius 3 is 1.58 bits per heavy atom. The normalized spacial score (nSPS) is 10.2. The lowest BCUT2D eigenvalue weighted by atomic mass is 10.1. The molecule has 0 aliphatic carbocycles. The van der Waals surface area contributed by atoms with E-state index in [4.69, 9.17) is 37.9 Å². The molecule has 0 fully saturated rings. The molecule has 0 radical (unpaired) electrons. The van der Waals surface area contributed by atoms with Crippen LogP contribution in [-0.4, -0.2) is 65.6 Å². The molecule has 5 aromatic rings. The largest absolute Gasteiger partial charge is 0.496 e. The van der Waals surface area contributed by atoms with Crippen LogP contribution in [0.5, 0.6) is 46.0 Å². The summed E-state index contributed by atoms with van der Waals surface area (Å²) >= 11 is 0. The SMILES string of the molecule is COc1cc(C(=O)Oc2ccc(C(=O)Nc3ccc(C#Cc4ccc(OC(=O)c5cc(OC)c(OC)cc5OC)cc4)cc3)cc2OC)c(OC)cc1CO. The minimum absolute atomic E-state index is 0.0685. The topological polar surface area (TPSA) is 157 Å². The number of methoxy groups -OCH3 is 6. The van der Waals surface area contributed by atoms with Gasteiger partial charge >= 0.3 is 11.9 Å². The molecular weight excluding hydrogens is 710 g/mol. The number of anilines is 1. The molecule has 0 aliphatic rings. The smallest absolute Gasteiger partial charge is 0.347 e. The predicted molar refractivity (Wildman–Crippen MR) is 201 cm³/mol. The fraction of sp³-hybridized carbons (Fsp3) is 0.167. The van der Waals surface area contributed by atoms with Crippen LogP contribution in [0.3, 0.4) is 0 Å². The summed E-state index contributed by atoms with van der Waals surface area (Å²) < 4.78 is 43.0. The van der Waals surface area contributed by atoms with E-state index in [1.807, 2.05) is 0 Å². The molecule has 0 spiro atoms. The van der Waals surface area contributed by atoms with E-state index < -0.39 is 17.8 Å². The monoisotopic (exact) mass is 747 g/mol.